The van der Waals surface area contributed by atoms with Gasteiger partial charge in [-0.25, -0.2) is 0 Å². The predicted octanol–water partition coefficient (Wildman–Crippen LogP) is 5.97. The average molecular weight is 590 g/mol. The van der Waals surface area contributed by atoms with Gasteiger partial charge in [-0.3, -0.25) is 14.5 Å². The highest BCUT2D eigenvalue weighted by atomic mass is 35.5. The number of nitrogens with zero attached hydrogens (tertiary/aromatic N) is 3. The van der Waals surface area contributed by atoms with Gasteiger partial charge >= 0.3 is 0 Å². The van der Waals surface area contributed by atoms with Gasteiger partial charge < -0.3 is 19.3 Å². The zero-order valence-electron chi connectivity index (χ0n) is 24.6. The topological polar surface area (TPSA) is 62.3 Å². The van der Waals surface area contributed by atoms with Gasteiger partial charge in [-0.1, -0.05) is 54.1 Å². The van der Waals surface area contributed by atoms with Crippen molar-refractivity contribution in [1.82, 2.24) is 9.80 Å². The molecule has 0 unspecified atom stereocenters. The van der Waals surface area contributed by atoms with Crippen molar-refractivity contribution >= 4 is 29.1 Å². The third-order valence-electron chi connectivity index (χ3n) is 8.11. The lowest BCUT2D eigenvalue weighted by Crippen LogP contribution is -2.38. The van der Waals surface area contributed by atoms with Gasteiger partial charge in [0.1, 0.15) is 0 Å². The number of benzene rings is 3. The van der Waals surface area contributed by atoms with Crippen LogP contribution in [0.15, 0.2) is 66.7 Å². The fraction of sp³-hybridized carbons (Fsp3) is 0.412. The van der Waals surface area contributed by atoms with Crippen LogP contribution in [0.4, 0.5) is 5.69 Å². The fourth-order valence-corrected chi connectivity index (χ4v) is 5.76. The molecule has 1 fully saturated rings. The normalized spacial score (nSPS) is 16.4. The molecule has 0 atom stereocenters. The fourth-order valence-electron chi connectivity index (χ4n) is 5.59. The van der Waals surface area contributed by atoms with Crippen LogP contribution in [-0.4, -0.2) is 62.0 Å². The summed E-state index contributed by atoms with van der Waals surface area (Å²) in [5, 5.41) is 0.592. The summed E-state index contributed by atoms with van der Waals surface area (Å²) in [6.07, 6.45) is 3.66. The maximum atomic E-state index is 13.8. The second kappa shape index (κ2) is 14.1. The number of anilines is 1. The molecule has 5 rings (SSSR count). The molecule has 222 valence electrons. The molecule has 7 nitrogen and oxygen atoms in total. The van der Waals surface area contributed by atoms with E-state index in [1.807, 2.05) is 52.3 Å². The molecule has 0 saturated heterocycles. The molecule has 3 aromatic rings. The number of fused-ring (bicyclic) bond motifs is 1. The zero-order chi connectivity index (χ0) is 29.5. The van der Waals surface area contributed by atoms with Crippen LogP contribution in [0.25, 0.3) is 0 Å². The number of halogens is 1. The van der Waals surface area contributed by atoms with Crippen molar-refractivity contribution in [1.29, 1.82) is 0 Å². The first-order valence-electron chi connectivity index (χ1n) is 14.8. The Morgan fingerprint density at radius 1 is 0.857 bits per heavy atom. The smallest absolute Gasteiger partial charge is 0.230 e. The minimum absolute atomic E-state index is 0.0738. The Bertz CT molecular complexity index is 1380. The summed E-state index contributed by atoms with van der Waals surface area (Å²) in [6.45, 7) is 4.01. The second-order valence-electron chi connectivity index (χ2n) is 11.2. The van der Waals surface area contributed by atoms with E-state index < -0.39 is 0 Å². The number of carbonyl (C=O) groups excluding carboxylic acids is 2. The molecule has 42 heavy (non-hydrogen) atoms. The van der Waals surface area contributed by atoms with Gasteiger partial charge in [0, 0.05) is 56.6 Å². The summed E-state index contributed by atoms with van der Waals surface area (Å²) in [5.41, 5.74) is 4.02. The molecule has 0 spiro atoms. The van der Waals surface area contributed by atoms with Gasteiger partial charge in [0.05, 0.1) is 19.9 Å². The number of hydrogen-bond donors (Lipinski definition) is 0. The Morgan fingerprint density at radius 2 is 1.64 bits per heavy atom. The summed E-state index contributed by atoms with van der Waals surface area (Å²) < 4.78 is 10.8. The van der Waals surface area contributed by atoms with Crippen LogP contribution in [-0.2, 0) is 29.1 Å². The van der Waals surface area contributed by atoms with Gasteiger partial charge in [0.2, 0.25) is 11.8 Å². The summed E-state index contributed by atoms with van der Waals surface area (Å²) in [6, 6.07) is 21.9. The summed E-state index contributed by atoms with van der Waals surface area (Å²) in [4.78, 5) is 33.6. The quantitative estimate of drug-likeness (QED) is 0.324. The lowest BCUT2D eigenvalue weighted by atomic mass is 10.1. The molecule has 2 aliphatic rings. The molecule has 2 amide bonds. The second-order valence-corrected chi connectivity index (χ2v) is 11.6. The highest BCUT2D eigenvalue weighted by molar-refractivity contribution is 6.31. The highest BCUT2D eigenvalue weighted by Gasteiger charge is 2.35. The first-order chi connectivity index (χ1) is 20.4. The van der Waals surface area contributed by atoms with Crippen molar-refractivity contribution in [2.45, 2.75) is 45.2 Å². The number of amides is 2. The van der Waals surface area contributed by atoms with E-state index in [1.54, 1.807) is 14.2 Å². The molecule has 1 aliphatic heterocycles. The van der Waals surface area contributed by atoms with Crippen LogP contribution in [0.2, 0.25) is 5.02 Å². The number of aryl methyl sites for hydroxylation is 1. The van der Waals surface area contributed by atoms with Gasteiger partial charge in [-0.05, 0) is 66.6 Å². The van der Waals surface area contributed by atoms with E-state index in [-0.39, 0.29) is 17.7 Å². The van der Waals surface area contributed by atoms with E-state index >= 15 is 0 Å². The average Bonchev–Trinajstić information content (AvgIpc) is 3.86. The molecular formula is C34H40ClN3O4. The van der Waals surface area contributed by atoms with Crippen LogP contribution in [0.5, 0.6) is 11.5 Å². The summed E-state index contributed by atoms with van der Waals surface area (Å²) in [7, 11) is 3.23. The lowest BCUT2D eigenvalue weighted by Gasteiger charge is -2.28. The van der Waals surface area contributed by atoms with E-state index in [9.17, 15) is 9.59 Å². The van der Waals surface area contributed by atoms with E-state index in [2.05, 4.69) is 29.2 Å². The standard InChI is InChI=1S/C34H40ClN3O4/c1-41-31-15-9-25(21-32(31)42-2)10-16-33(39)37-20-19-36(23-26-7-4-3-5-8-26)17-6-18-38(34(40)27-11-12-27)30-22-29(35)14-13-28(30)24-37/h3-5,7-9,13-15,21-22,27H,6,10-12,16-20,23-24H2,1-2H3. The number of rotatable bonds is 8. The Labute approximate surface area is 254 Å². The maximum absolute atomic E-state index is 13.8. The van der Waals surface area contributed by atoms with Crippen LogP contribution < -0.4 is 14.4 Å². The van der Waals surface area contributed by atoms with Crippen molar-refractivity contribution in [2.75, 3.05) is 45.3 Å². The van der Waals surface area contributed by atoms with Gasteiger partial charge in [-0.15, -0.1) is 0 Å². The van der Waals surface area contributed by atoms with Crippen molar-refractivity contribution < 1.29 is 19.1 Å². The third-order valence-corrected chi connectivity index (χ3v) is 8.35. The lowest BCUT2D eigenvalue weighted by molar-refractivity contribution is -0.132. The van der Waals surface area contributed by atoms with Gasteiger partial charge in [0.15, 0.2) is 11.5 Å². The zero-order valence-corrected chi connectivity index (χ0v) is 25.3. The van der Waals surface area contributed by atoms with Crippen molar-refractivity contribution in [2.24, 2.45) is 5.92 Å². The monoisotopic (exact) mass is 589 g/mol. The maximum Gasteiger partial charge on any atom is 0.230 e. The molecule has 1 heterocycles. The molecule has 0 N–H and O–H groups in total. The number of hydrogen-bond acceptors (Lipinski definition) is 5. The van der Waals surface area contributed by atoms with E-state index in [0.717, 1.165) is 55.7 Å². The van der Waals surface area contributed by atoms with Crippen LogP contribution in [0, 0.1) is 5.92 Å². The van der Waals surface area contributed by atoms with Crippen LogP contribution in [0.3, 0.4) is 0 Å². The SMILES string of the molecule is COc1ccc(CCC(=O)N2CCN(Cc3ccccc3)CCCN(C(=O)C3CC3)c3cc(Cl)ccc3C2)cc1OC. The van der Waals surface area contributed by atoms with E-state index in [1.165, 1.54) is 5.56 Å². The number of ether oxygens (including phenoxy) is 2. The van der Waals surface area contributed by atoms with E-state index in [4.69, 9.17) is 21.1 Å². The minimum Gasteiger partial charge on any atom is -0.493 e. The summed E-state index contributed by atoms with van der Waals surface area (Å²) in [5.74, 6) is 1.64. The van der Waals surface area contributed by atoms with Crippen LogP contribution in [0.1, 0.15) is 42.4 Å². The molecule has 0 radical (unpaired) electrons. The molecule has 0 aromatic heterocycles. The Balaban J connectivity index is 1.40. The molecule has 1 aliphatic carbocycles. The van der Waals surface area contributed by atoms with Gasteiger partial charge in [-0.2, -0.15) is 0 Å². The summed E-state index contributed by atoms with van der Waals surface area (Å²) >= 11 is 6.47. The van der Waals surface area contributed by atoms with Crippen molar-refractivity contribution in [3.8, 4) is 11.5 Å². The number of methoxy groups -OCH3 is 2. The predicted molar refractivity (Wildman–Crippen MR) is 166 cm³/mol. The molecular weight excluding hydrogens is 550 g/mol. The molecule has 1 saturated carbocycles. The van der Waals surface area contributed by atoms with Gasteiger partial charge in [0.25, 0.3) is 0 Å². The Morgan fingerprint density at radius 3 is 2.38 bits per heavy atom. The molecule has 8 heteroatoms. The van der Waals surface area contributed by atoms with E-state index in [0.29, 0.717) is 49.0 Å². The Kier molecular flexibility index (Phi) is 10.0. The third kappa shape index (κ3) is 7.64. The first kappa shape index (κ1) is 29.9. The van der Waals surface area contributed by atoms with Crippen molar-refractivity contribution in [3.63, 3.8) is 0 Å². The largest absolute Gasteiger partial charge is 0.493 e. The van der Waals surface area contributed by atoms with Crippen LogP contribution >= 0.6 is 11.6 Å². The Hall–Kier alpha value is -3.55. The first-order valence-corrected chi connectivity index (χ1v) is 15.2. The van der Waals surface area contributed by atoms with Crippen molar-refractivity contribution in [3.05, 3.63) is 88.4 Å². The number of carbonyl (C=O) groups is 2. The highest BCUT2D eigenvalue weighted by Crippen LogP contribution is 2.35. The minimum atomic E-state index is 0.0738. The molecule has 3 aromatic carbocycles. The molecule has 0 bridgehead atoms.